The fourth-order valence-corrected chi connectivity index (χ4v) is 2.25. The van der Waals surface area contributed by atoms with Crippen molar-refractivity contribution >= 4 is 11.6 Å². The molecule has 0 heterocycles. The van der Waals surface area contributed by atoms with Gasteiger partial charge in [0.05, 0.1) is 0 Å². The summed E-state index contributed by atoms with van der Waals surface area (Å²) in [5, 5.41) is 4.08. The molecule has 0 spiro atoms. The summed E-state index contributed by atoms with van der Waals surface area (Å²) < 4.78 is 5.76. The summed E-state index contributed by atoms with van der Waals surface area (Å²) in [4.78, 5) is 0. The first-order valence-corrected chi connectivity index (χ1v) is 6.71. The Balaban J connectivity index is 1.76. The molecule has 0 amide bonds. The van der Waals surface area contributed by atoms with Crippen molar-refractivity contribution in [3.63, 3.8) is 0 Å². The van der Waals surface area contributed by atoms with E-state index in [4.69, 9.17) is 16.3 Å². The second-order valence-corrected chi connectivity index (χ2v) is 5.22. The zero-order valence-corrected chi connectivity index (χ0v) is 11.0. The smallest absolute Gasteiger partial charge is 0.119 e. The Hall–Kier alpha value is -0.730. The average molecular weight is 254 g/mol. The zero-order chi connectivity index (χ0) is 12.1. The zero-order valence-electron chi connectivity index (χ0n) is 10.3. The molecule has 0 radical (unpaired) electrons. The van der Waals surface area contributed by atoms with Gasteiger partial charge in [0, 0.05) is 11.1 Å². The van der Waals surface area contributed by atoms with Crippen molar-refractivity contribution in [3.05, 3.63) is 29.3 Å². The van der Waals surface area contributed by atoms with Gasteiger partial charge >= 0.3 is 0 Å². The van der Waals surface area contributed by atoms with E-state index >= 15 is 0 Å². The van der Waals surface area contributed by atoms with E-state index in [2.05, 4.69) is 5.32 Å². The predicted molar refractivity (Wildman–Crippen MR) is 71.8 cm³/mol. The number of hydrogen-bond acceptors (Lipinski definition) is 2. The summed E-state index contributed by atoms with van der Waals surface area (Å²) in [5.74, 6) is 1.80. The van der Waals surface area contributed by atoms with Crippen molar-refractivity contribution in [2.75, 3.05) is 13.7 Å². The van der Waals surface area contributed by atoms with Crippen molar-refractivity contribution in [1.29, 1.82) is 0 Å². The minimum absolute atomic E-state index is 0.455. The van der Waals surface area contributed by atoms with Crippen LogP contribution in [-0.4, -0.2) is 19.7 Å². The largest absolute Gasteiger partial charge is 0.492 e. The molecule has 2 rings (SSSR count). The molecule has 1 unspecified atom stereocenters. The molecule has 1 aliphatic rings. The van der Waals surface area contributed by atoms with E-state index in [9.17, 15) is 0 Å². The molecule has 3 heteroatoms. The maximum Gasteiger partial charge on any atom is 0.119 e. The van der Waals surface area contributed by atoms with Crippen molar-refractivity contribution in [2.45, 2.75) is 31.7 Å². The van der Waals surface area contributed by atoms with E-state index in [1.165, 1.54) is 25.7 Å². The first-order valence-electron chi connectivity index (χ1n) is 6.33. The SMILES string of the molecule is CNC(COc1ccc(Cl)cc1)CC1CCC1. The van der Waals surface area contributed by atoms with Gasteiger partial charge < -0.3 is 10.1 Å². The maximum absolute atomic E-state index is 5.83. The van der Waals surface area contributed by atoms with Crippen LogP contribution >= 0.6 is 11.6 Å². The molecule has 17 heavy (non-hydrogen) atoms. The van der Waals surface area contributed by atoms with Gasteiger partial charge in [0.2, 0.25) is 0 Å². The lowest BCUT2D eigenvalue weighted by Crippen LogP contribution is -2.35. The number of rotatable bonds is 6. The summed E-state index contributed by atoms with van der Waals surface area (Å²) in [6.07, 6.45) is 5.40. The van der Waals surface area contributed by atoms with Crippen molar-refractivity contribution in [1.82, 2.24) is 5.32 Å². The second kappa shape index (κ2) is 6.27. The highest BCUT2D eigenvalue weighted by atomic mass is 35.5. The Kier molecular flexibility index (Phi) is 4.69. The molecule has 1 fully saturated rings. The minimum atomic E-state index is 0.455. The Bertz CT molecular complexity index is 335. The molecule has 1 aromatic rings. The topological polar surface area (TPSA) is 21.3 Å². The molecule has 2 nitrogen and oxygen atoms in total. The van der Waals surface area contributed by atoms with E-state index in [0.29, 0.717) is 6.04 Å². The van der Waals surface area contributed by atoms with Crippen LogP contribution in [0.1, 0.15) is 25.7 Å². The first-order chi connectivity index (χ1) is 8.28. The third-order valence-electron chi connectivity index (χ3n) is 3.52. The van der Waals surface area contributed by atoms with Crippen LogP contribution in [-0.2, 0) is 0 Å². The molecule has 1 atom stereocenters. The van der Waals surface area contributed by atoms with Crippen LogP contribution in [0, 0.1) is 5.92 Å². The van der Waals surface area contributed by atoms with Crippen molar-refractivity contribution in [2.24, 2.45) is 5.92 Å². The normalized spacial score (nSPS) is 17.5. The van der Waals surface area contributed by atoms with Gasteiger partial charge in [0.1, 0.15) is 12.4 Å². The first kappa shape index (κ1) is 12.7. The van der Waals surface area contributed by atoms with Crippen LogP contribution in [0.15, 0.2) is 24.3 Å². The minimum Gasteiger partial charge on any atom is -0.492 e. The molecule has 0 aromatic heterocycles. The lowest BCUT2D eigenvalue weighted by Gasteiger charge is -2.29. The van der Waals surface area contributed by atoms with Gasteiger partial charge in [-0.1, -0.05) is 30.9 Å². The van der Waals surface area contributed by atoms with Crippen molar-refractivity contribution < 1.29 is 4.74 Å². The molecule has 1 aromatic carbocycles. The van der Waals surface area contributed by atoms with Gasteiger partial charge in [0.15, 0.2) is 0 Å². The van der Waals surface area contributed by atoms with Gasteiger partial charge in [0.25, 0.3) is 0 Å². The monoisotopic (exact) mass is 253 g/mol. The Morgan fingerprint density at radius 1 is 1.35 bits per heavy atom. The molecule has 94 valence electrons. The van der Waals surface area contributed by atoms with Gasteiger partial charge in [-0.25, -0.2) is 0 Å². The Morgan fingerprint density at radius 2 is 2.06 bits per heavy atom. The third-order valence-corrected chi connectivity index (χ3v) is 3.77. The summed E-state index contributed by atoms with van der Waals surface area (Å²) in [6.45, 7) is 0.731. The van der Waals surface area contributed by atoms with E-state index in [1.807, 2.05) is 31.3 Å². The Labute approximate surface area is 108 Å². The molecular weight excluding hydrogens is 234 g/mol. The van der Waals surface area contributed by atoms with E-state index < -0.39 is 0 Å². The summed E-state index contributed by atoms with van der Waals surface area (Å²) in [7, 11) is 2.01. The Morgan fingerprint density at radius 3 is 2.59 bits per heavy atom. The van der Waals surface area contributed by atoms with Gasteiger partial charge in [-0.2, -0.15) is 0 Å². The van der Waals surface area contributed by atoms with Crippen LogP contribution in [0.2, 0.25) is 5.02 Å². The highest BCUT2D eigenvalue weighted by molar-refractivity contribution is 6.30. The van der Waals surface area contributed by atoms with Crippen LogP contribution in [0.5, 0.6) is 5.75 Å². The average Bonchev–Trinajstić information content (AvgIpc) is 2.29. The van der Waals surface area contributed by atoms with Gasteiger partial charge in [-0.3, -0.25) is 0 Å². The highest BCUT2D eigenvalue weighted by Crippen LogP contribution is 2.30. The van der Waals surface area contributed by atoms with Crippen LogP contribution in [0.25, 0.3) is 0 Å². The number of halogens is 1. The van der Waals surface area contributed by atoms with Crippen LogP contribution in [0.3, 0.4) is 0 Å². The fourth-order valence-electron chi connectivity index (χ4n) is 2.13. The molecular formula is C14H20ClNO. The van der Waals surface area contributed by atoms with Crippen LogP contribution in [0.4, 0.5) is 0 Å². The van der Waals surface area contributed by atoms with Gasteiger partial charge in [-0.15, -0.1) is 0 Å². The van der Waals surface area contributed by atoms with Crippen LogP contribution < -0.4 is 10.1 Å². The number of nitrogens with one attached hydrogen (secondary N) is 1. The molecule has 1 N–H and O–H groups in total. The molecule has 1 aliphatic carbocycles. The molecule has 0 bridgehead atoms. The third kappa shape index (κ3) is 3.90. The van der Waals surface area contributed by atoms with Gasteiger partial charge in [-0.05, 0) is 43.7 Å². The quantitative estimate of drug-likeness (QED) is 0.838. The van der Waals surface area contributed by atoms with E-state index in [0.717, 1.165) is 23.3 Å². The number of hydrogen-bond donors (Lipinski definition) is 1. The molecule has 1 saturated carbocycles. The molecule has 0 aliphatic heterocycles. The summed E-state index contributed by atoms with van der Waals surface area (Å²) in [5.41, 5.74) is 0. The highest BCUT2D eigenvalue weighted by Gasteiger charge is 2.21. The maximum atomic E-state index is 5.83. The van der Waals surface area contributed by atoms with Crippen molar-refractivity contribution in [3.8, 4) is 5.75 Å². The van der Waals surface area contributed by atoms with E-state index in [1.54, 1.807) is 0 Å². The van der Waals surface area contributed by atoms with E-state index in [-0.39, 0.29) is 0 Å². The fraction of sp³-hybridized carbons (Fsp3) is 0.571. The predicted octanol–water partition coefficient (Wildman–Crippen LogP) is 3.50. The second-order valence-electron chi connectivity index (χ2n) is 4.78. The summed E-state index contributed by atoms with van der Waals surface area (Å²) in [6, 6.07) is 8.00. The summed E-state index contributed by atoms with van der Waals surface area (Å²) >= 11 is 5.83. The standard InChI is InChI=1S/C14H20ClNO/c1-16-13(9-11-3-2-4-11)10-17-14-7-5-12(15)6-8-14/h5-8,11,13,16H,2-4,9-10H2,1H3. The lowest BCUT2D eigenvalue weighted by molar-refractivity contribution is 0.207. The number of benzene rings is 1. The number of ether oxygens (including phenoxy) is 1. The number of likely N-dealkylation sites (N-methyl/N-ethyl adjacent to an activating group) is 1. The lowest BCUT2D eigenvalue weighted by atomic mass is 9.81. The molecule has 0 saturated heterocycles.